The lowest BCUT2D eigenvalue weighted by Crippen LogP contribution is -2.45. The Morgan fingerprint density at radius 2 is 1.79 bits per heavy atom. The van der Waals surface area contributed by atoms with Gasteiger partial charge >= 0.3 is 5.97 Å². The SMILES string of the molecule is CCc1cccc(C)c1NC(=O)COC(=O)[C@H](C)N1C(=O)[C@@H]2CC=CC[C@H]2C1=O. The van der Waals surface area contributed by atoms with Gasteiger partial charge in [-0.2, -0.15) is 0 Å². The number of amides is 3. The van der Waals surface area contributed by atoms with Crippen LogP contribution in [0.15, 0.2) is 30.4 Å². The van der Waals surface area contributed by atoms with Gasteiger partial charge in [0, 0.05) is 5.69 Å². The Hall–Kier alpha value is -2.96. The van der Waals surface area contributed by atoms with E-state index in [1.807, 2.05) is 44.2 Å². The van der Waals surface area contributed by atoms with Crippen LogP contribution < -0.4 is 5.32 Å². The summed E-state index contributed by atoms with van der Waals surface area (Å²) in [5.41, 5.74) is 2.62. The molecule has 3 amide bonds. The summed E-state index contributed by atoms with van der Waals surface area (Å²) in [5, 5.41) is 2.78. The number of hydrogen-bond donors (Lipinski definition) is 1. The number of fused-ring (bicyclic) bond motifs is 1. The minimum absolute atomic E-state index is 0.342. The maximum Gasteiger partial charge on any atom is 0.329 e. The lowest BCUT2D eigenvalue weighted by atomic mass is 9.85. The number of imide groups is 1. The Morgan fingerprint density at radius 3 is 2.38 bits per heavy atom. The number of ether oxygens (including phenoxy) is 1. The lowest BCUT2D eigenvalue weighted by Gasteiger charge is -2.21. The number of aryl methyl sites for hydroxylation is 2. The van der Waals surface area contributed by atoms with Crippen LogP contribution in [0.2, 0.25) is 0 Å². The first-order chi connectivity index (χ1) is 13.8. The summed E-state index contributed by atoms with van der Waals surface area (Å²) in [6.45, 7) is 4.85. The van der Waals surface area contributed by atoms with E-state index in [2.05, 4.69) is 5.32 Å². The minimum atomic E-state index is -1.06. The molecule has 1 aliphatic heterocycles. The number of esters is 1. The molecule has 1 aromatic rings. The molecule has 7 heteroatoms. The molecule has 2 aliphatic rings. The summed E-state index contributed by atoms with van der Waals surface area (Å²) in [6.07, 6.45) is 5.54. The third-order valence-corrected chi connectivity index (χ3v) is 5.62. The second-order valence-electron chi connectivity index (χ2n) is 7.50. The molecule has 1 aliphatic carbocycles. The zero-order chi connectivity index (χ0) is 21.1. The Balaban J connectivity index is 1.59. The van der Waals surface area contributed by atoms with Gasteiger partial charge in [0.15, 0.2) is 6.61 Å². The smallest absolute Gasteiger partial charge is 0.329 e. The molecule has 154 valence electrons. The standard InChI is InChI=1S/C22H26N2O5/c1-4-15-9-7-8-13(2)19(15)23-18(25)12-29-22(28)14(3)24-20(26)16-10-5-6-11-17(16)21(24)27/h5-9,14,16-17H,4,10-12H2,1-3H3,(H,23,25)/t14-,16+,17+/m0/s1. The largest absolute Gasteiger partial charge is 0.454 e. The summed E-state index contributed by atoms with van der Waals surface area (Å²) >= 11 is 0. The van der Waals surface area contributed by atoms with E-state index >= 15 is 0 Å². The van der Waals surface area contributed by atoms with E-state index in [1.54, 1.807) is 0 Å². The molecule has 0 saturated carbocycles. The van der Waals surface area contributed by atoms with Crippen LogP contribution in [0.25, 0.3) is 0 Å². The van der Waals surface area contributed by atoms with Gasteiger partial charge in [0.2, 0.25) is 11.8 Å². The highest BCUT2D eigenvalue weighted by atomic mass is 16.5. The number of allylic oxidation sites excluding steroid dienone is 2. The first-order valence-corrected chi connectivity index (χ1v) is 9.92. The number of rotatable bonds is 6. The molecule has 0 aromatic heterocycles. The Kier molecular flexibility index (Phi) is 6.15. The fraction of sp³-hybridized carbons (Fsp3) is 0.455. The van der Waals surface area contributed by atoms with Crippen molar-refractivity contribution < 1.29 is 23.9 Å². The van der Waals surface area contributed by atoms with Crippen molar-refractivity contribution >= 4 is 29.4 Å². The predicted molar refractivity (Wildman–Crippen MR) is 107 cm³/mol. The molecule has 3 rings (SSSR count). The zero-order valence-corrected chi connectivity index (χ0v) is 16.9. The first kappa shape index (κ1) is 20.8. The van der Waals surface area contributed by atoms with Crippen molar-refractivity contribution in [3.63, 3.8) is 0 Å². The summed E-state index contributed by atoms with van der Waals surface area (Å²) < 4.78 is 5.10. The third-order valence-electron chi connectivity index (χ3n) is 5.62. The second kappa shape index (κ2) is 8.59. The van der Waals surface area contributed by atoms with Gasteiger partial charge in [-0.15, -0.1) is 0 Å². The zero-order valence-electron chi connectivity index (χ0n) is 16.9. The van der Waals surface area contributed by atoms with Crippen LogP contribution in [0.4, 0.5) is 5.69 Å². The molecule has 1 N–H and O–H groups in total. The van der Waals surface area contributed by atoms with Crippen molar-refractivity contribution in [2.45, 2.75) is 46.1 Å². The van der Waals surface area contributed by atoms with Crippen LogP contribution in [0, 0.1) is 18.8 Å². The molecule has 1 saturated heterocycles. The fourth-order valence-electron chi connectivity index (χ4n) is 3.95. The summed E-state index contributed by atoms with van der Waals surface area (Å²) in [4.78, 5) is 50.8. The van der Waals surface area contributed by atoms with E-state index in [9.17, 15) is 19.2 Å². The number of likely N-dealkylation sites (tertiary alicyclic amines) is 1. The highest BCUT2D eigenvalue weighted by Gasteiger charge is 2.50. The molecule has 0 radical (unpaired) electrons. The third kappa shape index (κ3) is 4.09. The maximum atomic E-state index is 12.6. The molecule has 3 atom stereocenters. The topological polar surface area (TPSA) is 92.8 Å². The van der Waals surface area contributed by atoms with Gasteiger partial charge in [-0.25, -0.2) is 4.79 Å². The van der Waals surface area contributed by atoms with Crippen molar-refractivity contribution in [1.82, 2.24) is 4.90 Å². The Bertz CT molecular complexity index is 850. The number of carbonyl (C=O) groups excluding carboxylic acids is 4. The van der Waals surface area contributed by atoms with Crippen LogP contribution in [-0.4, -0.2) is 41.2 Å². The average molecular weight is 398 g/mol. The average Bonchev–Trinajstić information content (AvgIpc) is 2.97. The minimum Gasteiger partial charge on any atom is -0.454 e. The molecule has 1 heterocycles. The van der Waals surface area contributed by atoms with Gasteiger partial charge < -0.3 is 10.1 Å². The summed E-state index contributed by atoms with van der Waals surface area (Å²) in [5.74, 6) is -2.73. The van der Waals surface area contributed by atoms with E-state index in [-0.39, 0.29) is 11.8 Å². The van der Waals surface area contributed by atoms with Crippen LogP contribution in [0.5, 0.6) is 0 Å². The van der Waals surface area contributed by atoms with E-state index < -0.39 is 36.4 Å². The predicted octanol–water partition coefficient (Wildman–Crippen LogP) is 2.38. The number of para-hydroxylation sites is 1. The molecule has 29 heavy (non-hydrogen) atoms. The van der Waals surface area contributed by atoms with Gasteiger partial charge in [-0.3, -0.25) is 19.3 Å². The Morgan fingerprint density at radius 1 is 1.17 bits per heavy atom. The number of nitrogens with one attached hydrogen (secondary N) is 1. The molecular weight excluding hydrogens is 372 g/mol. The molecule has 0 bridgehead atoms. The molecule has 0 spiro atoms. The molecule has 1 fully saturated rings. The van der Waals surface area contributed by atoms with Crippen molar-refractivity contribution in [2.75, 3.05) is 11.9 Å². The van der Waals surface area contributed by atoms with Crippen molar-refractivity contribution in [3.05, 3.63) is 41.5 Å². The van der Waals surface area contributed by atoms with Crippen LogP contribution in [0.3, 0.4) is 0 Å². The van der Waals surface area contributed by atoms with Crippen LogP contribution in [-0.2, 0) is 30.3 Å². The van der Waals surface area contributed by atoms with E-state index in [0.717, 1.165) is 22.4 Å². The van der Waals surface area contributed by atoms with Gasteiger partial charge in [-0.05, 0) is 44.2 Å². The van der Waals surface area contributed by atoms with Crippen LogP contribution in [0.1, 0.15) is 37.8 Å². The number of anilines is 1. The highest BCUT2D eigenvalue weighted by molar-refractivity contribution is 6.08. The summed E-state index contributed by atoms with van der Waals surface area (Å²) in [6, 6.07) is 4.68. The Labute approximate surface area is 170 Å². The molecular formula is C22H26N2O5. The van der Waals surface area contributed by atoms with Crippen LogP contribution >= 0.6 is 0 Å². The lowest BCUT2D eigenvalue weighted by molar-refractivity contribution is -0.159. The highest BCUT2D eigenvalue weighted by Crippen LogP contribution is 2.36. The normalized spacial score (nSPS) is 21.7. The number of nitrogens with zero attached hydrogens (tertiary/aromatic N) is 1. The van der Waals surface area contributed by atoms with E-state index in [0.29, 0.717) is 18.5 Å². The maximum absolute atomic E-state index is 12.6. The number of hydrogen-bond acceptors (Lipinski definition) is 5. The van der Waals surface area contributed by atoms with Crippen molar-refractivity contribution in [1.29, 1.82) is 0 Å². The van der Waals surface area contributed by atoms with Crippen molar-refractivity contribution in [3.8, 4) is 0 Å². The van der Waals surface area contributed by atoms with Gasteiger partial charge in [0.05, 0.1) is 11.8 Å². The quantitative estimate of drug-likeness (QED) is 0.451. The monoisotopic (exact) mass is 398 g/mol. The summed E-state index contributed by atoms with van der Waals surface area (Å²) in [7, 11) is 0. The van der Waals surface area contributed by atoms with E-state index in [1.165, 1.54) is 6.92 Å². The van der Waals surface area contributed by atoms with Gasteiger partial charge in [0.25, 0.3) is 5.91 Å². The second-order valence-corrected chi connectivity index (χ2v) is 7.50. The molecule has 1 aromatic carbocycles. The van der Waals surface area contributed by atoms with Crippen molar-refractivity contribution in [2.24, 2.45) is 11.8 Å². The number of benzene rings is 1. The first-order valence-electron chi connectivity index (χ1n) is 9.92. The van der Waals surface area contributed by atoms with E-state index in [4.69, 9.17) is 4.74 Å². The molecule has 0 unspecified atom stereocenters. The van der Waals surface area contributed by atoms with Gasteiger partial charge in [0.1, 0.15) is 6.04 Å². The fourth-order valence-corrected chi connectivity index (χ4v) is 3.95. The number of carbonyl (C=O) groups is 4. The van der Waals surface area contributed by atoms with Gasteiger partial charge in [-0.1, -0.05) is 37.3 Å². The molecule has 7 nitrogen and oxygen atoms in total.